The highest BCUT2D eigenvalue weighted by atomic mass is 16.5. The molecule has 1 heterocycles. The number of amides is 1. The van der Waals surface area contributed by atoms with Crippen LogP contribution < -0.4 is 15.4 Å². The number of rotatable bonds is 5. The normalized spacial score (nSPS) is 16.3. The predicted octanol–water partition coefficient (Wildman–Crippen LogP) is 2.27. The van der Waals surface area contributed by atoms with Gasteiger partial charge in [-0.05, 0) is 12.1 Å². The molecular weight excluding hydrogens is 328 g/mol. The number of aliphatic imine (C=N–C) groups is 1. The zero-order valence-electron chi connectivity index (χ0n) is 16.4. The van der Waals surface area contributed by atoms with Crippen LogP contribution in [0.2, 0.25) is 0 Å². The van der Waals surface area contributed by atoms with Crippen molar-refractivity contribution >= 4 is 11.9 Å². The molecule has 1 saturated heterocycles. The van der Waals surface area contributed by atoms with Crippen LogP contribution in [0.5, 0.6) is 5.75 Å². The van der Waals surface area contributed by atoms with Crippen molar-refractivity contribution in [1.29, 1.82) is 0 Å². The van der Waals surface area contributed by atoms with Gasteiger partial charge in [-0.3, -0.25) is 9.79 Å². The third-order valence-electron chi connectivity index (χ3n) is 4.37. The van der Waals surface area contributed by atoms with Gasteiger partial charge in [-0.2, -0.15) is 0 Å². The Bertz CT molecular complexity index is 588. The van der Waals surface area contributed by atoms with E-state index in [1.165, 1.54) is 0 Å². The van der Waals surface area contributed by atoms with Crippen molar-refractivity contribution in [1.82, 2.24) is 15.5 Å². The summed E-state index contributed by atoms with van der Waals surface area (Å²) in [5.41, 5.74) is -0.359. The lowest BCUT2D eigenvalue weighted by atomic mass is 9.96. The van der Waals surface area contributed by atoms with E-state index in [0.29, 0.717) is 13.1 Å². The third kappa shape index (κ3) is 6.24. The van der Waals surface area contributed by atoms with Crippen LogP contribution in [0.25, 0.3) is 0 Å². The molecule has 1 amide bonds. The van der Waals surface area contributed by atoms with Crippen molar-refractivity contribution in [3.05, 3.63) is 30.3 Å². The second-order valence-electron chi connectivity index (χ2n) is 7.60. The summed E-state index contributed by atoms with van der Waals surface area (Å²) < 4.78 is 6.04. The number of guanidine groups is 1. The van der Waals surface area contributed by atoms with Gasteiger partial charge in [-0.15, -0.1) is 0 Å². The highest BCUT2D eigenvalue weighted by molar-refractivity contribution is 5.82. The third-order valence-corrected chi connectivity index (χ3v) is 4.37. The summed E-state index contributed by atoms with van der Waals surface area (Å²) in [5.74, 6) is 1.88. The zero-order chi connectivity index (χ0) is 19.0. The van der Waals surface area contributed by atoms with E-state index in [1.807, 2.05) is 51.1 Å². The molecule has 0 aliphatic carbocycles. The molecule has 0 spiro atoms. The molecule has 1 aromatic carbocycles. The zero-order valence-corrected chi connectivity index (χ0v) is 16.4. The average molecular weight is 361 g/mol. The van der Waals surface area contributed by atoms with Crippen molar-refractivity contribution in [3.63, 3.8) is 0 Å². The van der Waals surface area contributed by atoms with Crippen LogP contribution in [-0.2, 0) is 4.79 Å². The number of hydrogen-bond donors (Lipinski definition) is 2. The fourth-order valence-corrected chi connectivity index (χ4v) is 2.82. The lowest BCUT2D eigenvalue weighted by Crippen LogP contribution is -2.49. The maximum atomic E-state index is 11.9. The molecule has 0 atom stereocenters. The fraction of sp³-hybridized carbons (Fsp3) is 0.600. The number of piperidine rings is 1. The molecule has 1 aliphatic rings. The molecule has 6 nitrogen and oxygen atoms in total. The molecule has 0 radical (unpaired) electrons. The topological polar surface area (TPSA) is 66.0 Å². The minimum absolute atomic E-state index is 0.0631. The molecule has 0 aromatic heterocycles. The summed E-state index contributed by atoms with van der Waals surface area (Å²) in [5, 5.41) is 6.28. The first kappa shape index (κ1) is 20.1. The van der Waals surface area contributed by atoms with Crippen LogP contribution in [0.1, 0.15) is 33.6 Å². The monoisotopic (exact) mass is 360 g/mol. The second kappa shape index (κ2) is 9.46. The van der Waals surface area contributed by atoms with Crippen molar-refractivity contribution in [2.24, 2.45) is 10.4 Å². The van der Waals surface area contributed by atoms with Crippen LogP contribution in [0.15, 0.2) is 35.3 Å². The van der Waals surface area contributed by atoms with Crippen molar-refractivity contribution < 1.29 is 9.53 Å². The Morgan fingerprint density at radius 3 is 2.35 bits per heavy atom. The lowest BCUT2D eigenvalue weighted by molar-refractivity contribution is -0.128. The minimum Gasteiger partial charge on any atom is -0.490 e. The van der Waals surface area contributed by atoms with Gasteiger partial charge in [0.05, 0.1) is 0 Å². The first-order valence-electron chi connectivity index (χ1n) is 9.36. The van der Waals surface area contributed by atoms with Crippen LogP contribution >= 0.6 is 0 Å². The van der Waals surface area contributed by atoms with Gasteiger partial charge in [0.2, 0.25) is 5.91 Å². The number of likely N-dealkylation sites (tertiary alicyclic amines) is 1. The predicted molar refractivity (Wildman–Crippen MR) is 105 cm³/mol. The Hall–Kier alpha value is -2.24. The Morgan fingerprint density at radius 2 is 1.77 bits per heavy atom. The summed E-state index contributed by atoms with van der Waals surface area (Å²) >= 11 is 0. The molecular formula is C20H32N4O2. The number of para-hydroxylation sites is 1. The number of carbonyl (C=O) groups excluding carboxylic acids is 1. The van der Waals surface area contributed by atoms with E-state index in [0.717, 1.165) is 37.6 Å². The van der Waals surface area contributed by atoms with E-state index in [1.54, 1.807) is 7.05 Å². The summed E-state index contributed by atoms with van der Waals surface area (Å²) in [6.07, 6.45) is 2.19. The maximum Gasteiger partial charge on any atom is 0.225 e. The van der Waals surface area contributed by atoms with E-state index in [9.17, 15) is 4.79 Å². The van der Waals surface area contributed by atoms with Crippen molar-refractivity contribution in [2.45, 2.75) is 39.7 Å². The molecule has 0 unspecified atom stereocenters. The molecule has 2 rings (SSSR count). The molecule has 0 bridgehead atoms. The highest BCUT2D eigenvalue weighted by Crippen LogP contribution is 2.18. The second-order valence-corrected chi connectivity index (χ2v) is 7.60. The number of nitrogens with zero attached hydrogens (tertiary/aromatic N) is 2. The van der Waals surface area contributed by atoms with Crippen LogP contribution in [0.3, 0.4) is 0 Å². The first-order valence-corrected chi connectivity index (χ1v) is 9.36. The standard InChI is InChI=1S/C20H32N4O2/c1-20(2,3)18(25)22-12-13-23-19(21-4)24-14-10-17(11-15-24)26-16-8-6-5-7-9-16/h5-9,17H,10-15H2,1-4H3,(H,21,23)(H,22,25). The van der Waals surface area contributed by atoms with E-state index in [4.69, 9.17) is 4.74 Å². The van der Waals surface area contributed by atoms with Gasteiger partial charge in [-0.25, -0.2) is 0 Å². The summed E-state index contributed by atoms with van der Waals surface area (Å²) in [6.45, 7) is 8.80. The number of ether oxygens (including phenoxy) is 1. The van der Waals surface area contributed by atoms with E-state index in [2.05, 4.69) is 20.5 Å². The van der Waals surface area contributed by atoms with Gasteiger partial charge in [0.15, 0.2) is 5.96 Å². The largest absolute Gasteiger partial charge is 0.490 e. The van der Waals surface area contributed by atoms with E-state index < -0.39 is 0 Å². The van der Waals surface area contributed by atoms with Gasteiger partial charge in [0.25, 0.3) is 0 Å². The fourth-order valence-electron chi connectivity index (χ4n) is 2.82. The van der Waals surface area contributed by atoms with Gasteiger partial charge in [0, 0.05) is 51.5 Å². The number of carbonyl (C=O) groups is 1. The van der Waals surface area contributed by atoms with Gasteiger partial charge < -0.3 is 20.3 Å². The molecule has 1 aromatic rings. The molecule has 2 N–H and O–H groups in total. The van der Waals surface area contributed by atoms with E-state index >= 15 is 0 Å². The van der Waals surface area contributed by atoms with Gasteiger partial charge in [-0.1, -0.05) is 39.0 Å². The van der Waals surface area contributed by atoms with Gasteiger partial charge >= 0.3 is 0 Å². The smallest absolute Gasteiger partial charge is 0.225 e. The number of hydrogen-bond acceptors (Lipinski definition) is 3. The first-order chi connectivity index (χ1) is 12.4. The molecule has 6 heteroatoms. The average Bonchev–Trinajstić information content (AvgIpc) is 2.62. The molecule has 1 fully saturated rings. The Morgan fingerprint density at radius 1 is 1.15 bits per heavy atom. The summed E-state index contributed by atoms with van der Waals surface area (Å²) in [6, 6.07) is 9.98. The Kier molecular flexibility index (Phi) is 7.30. The van der Waals surface area contributed by atoms with Crippen LogP contribution in [-0.4, -0.2) is 56.1 Å². The molecule has 1 aliphatic heterocycles. The molecule has 26 heavy (non-hydrogen) atoms. The van der Waals surface area contributed by atoms with Crippen LogP contribution in [0.4, 0.5) is 0 Å². The highest BCUT2D eigenvalue weighted by Gasteiger charge is 2.23. The number of nitrogens with one attached hydrogen (secondary N) is 2. The minimum atomic E-state index is -0.359. The lowest BCUT2D eigenvalue weighted by Gasteiger charge is -2.34. The van der Waals surface area contributed by atoms with E-state index in [-0.39, 0.29) is 17.4 Å². The Labute approximate surface area is 157 Å². The maximum absolute atomic E-state index is 11.9. The van der Waals surface area contributed by atoms with Crippen LogP contribution in [0, 0.1) is 5.41 Å². The summed E-state index contributed by atoms with van der Waals surface area (Å²) in [4.78, 5) is 18.5. The Balaban J connectivity index is 1.70. The summed E-state index contributed by atoms with van der Waals surface area (Å²) in [7, 11) is 1.79. The SMILES string of the molecule is CN=C(NCCNC(=O)C(C)(C)C)N1CCC(Oc2ccccc2)CC1. The number of benzene rings is 1. The molecule has 0 saturated carbocycles. The molecule has 144 valence electrons. The quantitative estimate of drug-likeness (QED) is 0.480. The van der Waals surface area contributed by atoms with Crippen molar-refractivity contribution in [3.8, 4) is 5.75 Å². The van der Waals surface area contributed by atoms with Gasteiger partial charge in [0.1, 0.15) is 11.9 Å². The van der Waals surface area contributed by atoms with Crippen molar-refractivity contribution in [2.75, 3.05) is 33.2 Å².